The molecule has 4 aromatic rings. The lowest BCUT2D eigenvalue weighted by Gasteiger charge is -2.37. The lowest BCUT2D eigenvalue weighted by molar-refractivity contribution is 0.0661. The Labute approximate surface area is 223 Å². The van der Waals surface area contributed by atoms with Gasteiger partial charge in [0.25, 0.3) is 11.8 Å². The van der Waals surface area contributed by atoms with Crippen LogP contribution in [-0.2, 0) is 17.8 Å². The number of halogens is 1. The molecular formula is C28H26FN3O5S. The fourth-order valence-corrected chi connectivity index (χ4v) is 5.12. The van der Waals surface area contributed by atoms with Crippen molar-refractivity contribution in [2.45, 2.75) is 19.1 Å². The minimum Gasteiger partial charge on any atom is -0.486 e. The van der Waals surface area contributed by atoms with E-state index >= 15 is 0 Å². The average molecular weight is 536 g/mol. The van der Waals surface area contributed by atoms with Crippen molar-refractivity contribution >= 4 is 23.2 Å². The summed E-state index contributed by atoms with van der Waals surface area (Å²) in [5.74, 6) is 0.00593. The van der Waals surface area contributed by atoms with Crippen LogP contribution >= 0.6 is 11.3 Å². The predicted octanol–water partition coefficient (Wildman–Crippen LogP) is 4.62. The first-order chi connectivity index (χ1) is 18.5. The van der Waals surface area contributed by atoms with Gasteiger partial charge >= 0.3 is 0 Å². The molecule has 0 spiro atoms. The second-order valence-corrected chi connectivity index (χ2v) is 9.65. The molecule has 0 saturated carbocycles. The van der Waals surface area contributed by atoms with E-state index in [2.05, 4.69) is 10.3 Å². The number of hydrogen-bond acceptors (Lipinski definition) is 7. The van der Waals surface area contributed by atoms with Gasteiger partial charge in [0.1, 0.15) is 28.9 Å². The molecule has 1 aliphatic heterocycles. The predicted molar refractivity (Wildman–Crippen MR) is 139 cm³/mol. The molecule has 1 aliphatic rings. The molecule has 0 fully saturated rings. The number of nitrogens with one attached hydrogen (secondary N) is 1. The number of thiazole rings is 1. The Morgan fingerprint density at radius 1 is 1.21 bits per heavy atom. The number of ether oxygens (including phenoxy) is 2. The Morgan fingerprint density at radius 2 is 2.05 bits per heavy atom. The number of nitrogens with zero attached hydrogens (tertiary/aromatic N) is 2. The third-order valence-electron chi connectivity index (χ3n) is 6.26. The van der Waals surface area contributed by atoms with Crippen LogP contribution in [0.4, 0.5) is 4.39 Å². The number of aromatic nitrogens is 1. The zero-order valence-corrected chi connectivity index (χ0v) is 21.5. The van der Waals surface area contributed by atoms with E-state index < -0.39 is 6.04 Å². The highest BCUT2D eigenvalue weighted by molar-refractivity contribution is 7.09. The van der Waals surface area contributed by atoms with Crippen molar-refractivity contribution < 1.29 is 27.9 Å². The van der Waals surface area contributed by atoms with E-state index in [1.165, 1.54) is 29.7 Å². The number of carbonyl (C=O) groups excluding carboxylic acids is 2. The third-order valence-corrected chi connectivity index (χ3v) is 7.08. The van der Waals surface area contributed by atoms with Crippen molar-refractivity contribution in [3.63, 3.8) is 0 Å². The summed E-state index contributed by atoms with van der Waals surface area (Å²) >= 11 is 1.34. The van der Waals surface area contributed by atoms with Crippen LogP contribution in [0.1, 0.15) is 48.8 Å². The SMILES string of the molecule is COCCNC(=O)c1csc(COc2ccc3c(c2)[C@@H](c2ccc(F)cc2)N(C(=O)c2ccco2)CC3)n1. The molecule has 3 heterocycles. The minimum absolute atomic E-state index is 0.186. The average Bonchev–Trinajstić information content (AvgIpc) is 3.64. The number of carbonyl (C=O) groups is 2. The van der Waals surface area contributed by atoms with Gasteiger partial charge in [-0.1, -0.05) is 18.2 Å². The molecule has 38 heavy (non-hydrogen) atoms. The molecule has 1 atom stereocenters. The smallest absolute Gasteiger partial charge is 0.290 e. The Bertz CT molecular complexity index is 1400. The van der Waals surface area contributed by atoms with E-state index in [-0.39, 0.29) is 30.0 Å². The number of rotatable bonds is 9. The summed E-state index contributed by atoms with van der Waals surface area (Å²) in [6, 6.07) is 14.8. The minimum atomic E-state index is -0.442. The zero-order valence-electron chi connectivity index (χ0n) is 20.7. The van der Waals surface area contributed by atoms with Crippen molar-refractivity contribution in [1.29, 1.82) is 0 Å². The number of hydrogen-bond donors (Lipinski definition) is 1. The van der Waals surface area contributed by atoms with E-state index in [9.17, 15) is 14.0 Å². The first-order valence-corrected chi connectivity index (χ1v) is 13.0. The molecule has 0 bridgehead atoms. The molecule has 1 N–H and O–H groups in total. The number of benzene rings is 2. The van der Waals surface area contributed by atoms with Crippen LogP contribution < -0.4 is 10.1 Å². The molecule has 0 aliphatic carbocycles. The molecule has 0 unspecified atom stereocenters. The number of amides is 2. The Morgan fingerprint density at radius 3 is 2.82 bits per heavy atom. The third kappa shape index (κ3) is 5.61. The van der Waals surface area contributed by atoms with Gasteiger partial charge in [-0.05, 0) is 59.5 Å². The van der Waals surface area contributed by atoms with Gasteiger partial charge in [-0.25, -0.2) is 9.37 Å². The molecule has 8 nitrogen and oxygen atoms in total. The van der Waals surface area contributed by atoms with Crippen LogP contribution in [0.15, 0.2) is 70.7 Å². The van der Waals surface area contributed by atoms with E-state index in [0.717, 1.165) is 16.7 Å². The maximum atomic E-state index is 13.7. The maximum Gasteiger partial charge on any atom is 0.290 e. The summed E-state index contributed by atoms with van der Waals surface area (Å²) < 4.78 is 30.1. The normalized spacial score (nSPS) is 14.7. The summed E-state index contributed by atoms with van der Waals surface area (Å²) in [6.07, 6.45) is 2.13. The van der Waals surface area contributed by atoms with Crippen molar-refractivity contribution in [3.05, 3.63) is 105 Å². The monoisotopic (exact) mass is 535 g/mol. The molecule has 0 radical (unpaired) electrons. The molecule has 2 aromatic carbocycles. The second kappa shape index (κ2) is 11.6. The molecule has 10 heteroatoms. The molecule has 0 saturated heterocycles. The molecule has 5 rings (SSSR count). The summed E-state index contributed by atoms with van der Waals surface area (Å²) in [5.41, 5.74) is 3.10. The number of fused-ring (bicyclic) bond motifs is 1. The standard InChI is InChI=1S/C28H26FN3O5S/c1-35-14-11-30-27(33)23-17-38-25(31-23)16-37-21-9-6-18-10-12-32(28(34)24-3-2-13-36-24)26(22(18)15-21)19-4-7-20(29)8-5-19/h2-9,13,15,17,26H,10-12,14,16H2,1H3,(H,30,33)/t26-/m1/s1. The Hall–Kier alpha value is -4.02. The van der Waals surface area contributed by atoms with Crippen LogP contribution in [0.25, 0.3) is 0 Å². The van der Waals surface area contributed by atoms with Gasteiger partial charge in [0, 0.05) is 25.6 Å². The number of methoxy groups -OCH3 is 1. The van der Waals surface area contributed by atoms with Crippen molar-refractivity contribution in [1.82, 2.24) is 15.2 Å². The highest BCUT2D eigenvalue weighted by Crippen LogP contribution is 2.38. The lowest BCUT2D eigenvalue weighted by Crippen LogP contribution is -2.40. The zero-order chi connectivity index (χ0) is 26.5. The summed E-state index contributed by atoms with van der Waals surface area (Å²) in [6.45, 7) is 1.50. The van der Waals surface area contributed by atoms with Gasteiger partial charge < -0.3 is 24.1 Å². The Kier molecular flexibility index (Phi) is 7.81. The van der Waals surface area contributed by atoms with Crippen LogP contribution in [0, 0.1) is 5.82 Å². The highest BCUT2D eigenvalue weighted by Gasteiger charge is 2.34. The largest absolute Gasteiger partial charge is 0.486 e. The van der Waals surface area contributed by atoms with Crippen LogP contribution in [0.2, 0.25) is 0 Å². The molecule has 2 amide bonds. The van der Waals surface area contributed by atoms with Gasteiger partial charge in [-0.15, -0.1) is 11.3 Å². The maximum absolute atomic E-state index is 13.7. The first kappa shape index (κ1) is 25.6. The molecular weight excluding hydrogens is 509 g/mol. The molecule has 2 aromatic heterocycles. The summed E-state index contributed by atoms with van der Waals surface area (Å²) in [4.78, 5) is 31.7. The van der Waals surface area contributed by atoms with Gasteiger partial charge in [0.15, 0.2) is 5.76 Å². The van der Waals surface area contributed by atoms with Gasteiger partial charge in [-0.3, -0.25) is 9.59 Å². The molecule has 196 valence electrons. The van der Waals surface area contributed by atoms with Gasteiger partial charge in [0.05, 0.1) is 18.9 Å². The fraction of sp³-hybridized carbons (Fsp3) is 0.250. The van der Waals surface area contributed by atoms with Crippen LogP contribution in [0.3, 0.4) is 0 Å². The highest BCUT2D eigenvalue weighted by atomic mass is 32.1. The first-order valence-electron chi connectivity index (χ1n) is 12.1. The summed E-state index contributed by atoms with van der Waals surface area (Å²) in [7, 11) is 1.57. The van der Waals surface area contributed by atoms with Crippen molar-refractivity contribution in [2.75, 3.05) is 26.8 Å². The van der Waals surface area contributed by atoms with E-state index in [0.29, 0.717) is 42.6 Å². The van der Waals surface area contributed by atoms with E-state index in [1.807, 2.05) is 18.2 Å². The van der Waals surface area contributed by atoms with Crippen molar-refractivity contribution in [2.24, 2.45) is 0 Å². The van der Waals surface area contributed by atoms with E-state index in [4.69, 9.17) is 13.9 Å². The van der Waals surface area contributed by atoms with Gasteiger partial charge in [0.2, 0.25) is 0 Å². The summed E-state index contributed by atoms with van der Waals surface area (Å²) in [5, 5.41) is 5.09. The second-order valence-electron chi connectivity index (χ2n) is 8.70. The quantitative estimate of drug-likeness (QED) is 0.315. The topological polar surface area (TPSA) is 93.9 Å². The fourth-order valence-electron chi connectivity index (χ4n) is 4.43. The number of furan rings is 1. The van der Waals surface area contributed by atoms with Crippen LogP contribution in [0.5, 0.6) is 5.75 Å². The van der Waals surface area contributed by atoms with Crippen LogP contribution in [-0.4, -0.2) is 48.5 Å². The lowest BCUT2D eigenvalue weighted by atomic mass is 9.87. The van der Waals surface area contributed by atoms with Gasteiger partial charge in [-0.2, -0.15) is 0 Å². The van der Waals surface area contributed by atoms with E-state index in [1.54, 1.807) is 41.7 Å². The van der Waals surface area contributed by atoms with Crippen molar-refractivity contribution in [3.8, 4) is 5.75 Å². The Balaban J connectivity index is 1.37.